The SMILES string of the molecule is Cc1cc(Oc2cc(C)c(O)c(C(C)(C)C)c2)cc(C(C)(C)C)c1O. The second-order valence-electron chi connectivity index (χ2n) is 8.87. The number of aromatic hydroxyl groups is 2. The summed E-state index contributed by atoms with van der Waals surface area (Å²) < 4.78 is 6.10. The number of rotatable bonds is 2. The molecule has 0 aliphatic carbocycles. The van der Waals surface area contributed by atoms with Crippen molar-refractivity contribution in [3.8, 4) is 23.0 Å². The van der Waals surface area contributed by atoms with Crippen molar-refractivity contribution in [2.75, 3.05) is 0 Å². The maximum atomic E-state index is 10.4. The Morgan fingerprint density at radius 1 is 0.640 bits per heavy atom. The molecular formula is C22H30O3. The Morgan fingerprint density at radius 2 is 0.960 bits per heavy atom. The van der Waals surface area contributed by atoms with Gasteiger partial charge in [0.25, 0.3) is 0 Å². The minimum Gasteiger partial charge on any atom is -0.507 e. The van der Waals surface area contributed by atoms with Gasteiger partial charge in [0.05, 0.1) is 0 Å². The van der Waals surface area contributed by atoms with Crippen LogP contribution in [0.3, 0.4) is 0 Å². The topological polar surface area (TPSA) is 49.7 Å². The van der Waals surface area contributed by atoms with E-state index in [0.29, 0.717) is 23.0 Å². The summed E-state index contributed by atoms with van der Waals surface area (Å²) in [4.78, 5) is 0. The van der Waals surface area contributed by atoms with Gasteiger partial charge in [0.15, 0.2) is 0 Å². The van der Waals surface area contributed by atoms with Crippen LogP contribution in [-0.4, -0.2) is 10.2 Å². The summed E-state index contributed by atoms with van der Waals surface area (Å²) in [6.07, 6.45) is 0. The van der Waals surface area contributed by atoms with Gasteiger partial charge in [0, 0.05) is 11.1 Å². The first-order valence-electron chi connectivity index (χ1n) is 8.66. The van der Waals surface area contributed by atoms with Crippen molar-refractivity contribution >= 4 is 0 Å². The molecule has 3 heteroatoms. The lowest BCUT2D eigenvalue weighted by molar-refractivity contribution is 0.427. The molecule has 0 spiro atoms. The first kappa shape index (κ1) is 19.2. The van der Waals surface area contributed by atoms with Crippen LogP contribution in [-0.2, 0) is 10.8 Å². The van der Waals surface area contributed by atoms with Crippen molar-refractivity contribution in [2.45, 2.75) is 66.2 Å². The zero-order chi connectivity index (χ0) is 19.2. The van der Waals surface area contributed by atoms with E-state index in [9.17, 15) is 10.2 Å². The van der Waals surface area contributed by atoms with E-state index in [1.807, 2.05) is 38.1 Å². The highest BCUT2D eigenvalue weighted by atomic mass is 16.5. The zero-order valence-corrected chi connectivity index (χ0v) is 16.6. The largest absolute Gasteiger partial charge is 0.507 e. The third-order valence-electron chi connectivity index (χ3n) is 4.40. The number of phenols is 2. The fraction of sp³-hybridized carbons (Fsp3) is 0.455. The zero-order valence-electron chi connectivity index (χ0n) is 16.6. The first-order chi connectivity index (χ1) is 11.3. The smallest absolute Gasteiger partial charge is 0.128 e. The lowest BCUT2D eigenvalue weighted by atomic mass is 9.85. The predicted molar refractivity (Wildman–Crippen MR) is 103 cm³/mol. The molecule has 0 saturated carbocycles. The molecule has 0 aromatic heterocycles. The Hall–Kier alpha value is -2.16. The number of benzene rings is 2. The molecule has 2 aromatic carbocycles. The maximum Gasteiger partial charge on any atom is 0.128 e. The summed E-state index contributed by atoms with van der Waals surface area (Å²) in [5, 5.41) is 20.7. The monoisotopic (exact) mass is 342 g/mol. The van der Waals surface area contributed by atoms with Crippen LogP contribution in [0.15, 0.2) is 24.3 Å². The second kappa shape index (κ2) is 6.29. The summed E-state index contributed by atoms with van der Waals surface area (Å²) in [6.45, 7) is 16.1. The Bertz CT molecular complexity index is 723. The van der Waals surface area contributed by atoms with Gasteiger partial charge in [0.2, 0.25) is 0 Å². The predicted octanol–water partition coefficient (Wildman–Crippen LogP) is 6.10. The first-order valence-corrected chi connectivity index (χ1v) is 8.66. The van der Waals surface area contributed by atoms with E-state index < -0.39 is 0 Å². The Kier molecular flexibility index (Phi) is 4.82. The van der Waals surface area contributed by atoms with Crippen molar-refractivity contribution < 1.29 is 14.9 Å². The van der Waals surface area contributed by atoms with Crippen LogP contribution in [0.5, 0.6) is 23.0 Å². The summed E-state index contributed by atoms with van der Waals surface area (Å²) >= 11 is 0. The summed E-state index contributed by atoms with van der Waals surface area (Å²) in [7, 11) is 0. The minimum atomic E-state index is -0.185. The van der Waals surface area contributed by atoms with Gasteiger partial charge >= 0.3 is 0 Å². The molecular weight excluding hydrogens is 312 g/mol. The van der Waals surface area contributed by atoms with Crippen LogP contribution in [0, 0.1) is 13.8 Å². The van der Waals surface area contributed by atoms with Gasteiger partial charge in [-0.25, -0.2) is 0 Å². The second-order valence-corrected chi connectivity index (χ2v) is 8.87. The van der Waals surface area contributed by atoms with Crippen LogP contribution in [0.25, 0.3) is 0 Å². The molecule has 2 aromatic rings. The summed E-state index contributed by atoms with van der Waals surface area (Å²) in [5.74, 6) is 2.00. The van der Waals surface area contributed by atoms with Crippen molar-refractivity contribution in [3.63, 3.8) is 0 Å². The number of hydrogen-bond donors (Lipinski definition) is 2. The molecule has 0 atom stereocenters. The minimum absolute atomic E-state index is 0.185. The normalized spacial score (nSPS) is 12.3. The van der Waals surface area contributed by atoms with Gasteiger partial charge in [-0.2, -0.15) is 0 Å². The fourth-order valence-corrected chi connectivity index (χ4v) is 2.89. The van der Waals surface area contributed by atoms with Crippen LogP contribution in [0.2, 0.25) is 0 Å². The van der Waals surface area contributed by atoms with E-state index in [4.69, 9.17) is 4.74 Å². The molecule has 0 aliphatic rings. The molecule has 0 fully saturated rings. The van der Waals surface area contributed by atoms with E-state index >= 15 is 0 Å². The molecule has 0 radical (unpaired) electrons. The third-order valence-corrected chi connectivity index (χ3v) is 4.40. The molecule has 0 aliphatic heterocycles. The molecule has 136 valence electrons. The lowest BCUT2D eigenvalue weighted by Crippen LogP contribution is -2.12. The number of ether oxygens (including phenoxy) is 1. The highest BCUT2D eigenvalue weighted by Gasteiger charge is 2.23. The molecule has 0 heterocycles. The summed E-state index contributed by atoms with van der Waals surface area (Å²) in [6, 6.07) is 7.45. The molecule has 2 N–H and O–H groups in total. The van der Waals surface area contributed by atoms with E-state index in [1.54, 1.807) is 0 Å². The molecule has 25 heavy (non-hydrogen) atoms. The average molecular weight is 342 g/mol. The van der Waals surface area contributed by atoms with Gasteiger partial charge in [-0.3, -0.25) is 0 Å². The molecule has 0 saturated heterocycles. The van der Waals surface area contributed by atoms with Gasteiger partial charge in [0.1, 0.15) is 23.0 Å². The van der Waals surface area contributed by atoms with Crippen LogP contribution >= 0.6 is 0 Å². The van der Waals surface area contributed by atoms with Crippen molar-refractivity contribution in [2.24, 2.45) is 0 Å². The number of hydrogen-bond acceptors (Lipinski definition) is 3. The Balaban J connectivity index is 2.51. The third kappa shape index (κ3) is 4.09. The van der Waals surface area contributed by atoms with E-state index in [1.165, 1.54) is 0 Å². The highest BCUT2D eigenvalue weighted by Crippen LogP contribution is 2.40. The molecule has 3 nitrogen and oxygen atoms in total. The van der Waals surface area contributed by atoms with E-state index in [2.05, 4.69) is 41.5 Å². The van der Waals surface area contributed by atoms with Crippen molar-refractivity contribution in [1.82, 2.24) is 0 Å². The average Bonchev–Trinajstić information content (AvgIpc) is 2.43. The summed E-state index contributed by atoms with van der Waals surface area (Å²) in [5.41, 5.74) is 2.91. The Morgan fingerprint density at radius 3 is 1.24 bits per heavy atom. The lowest BCUT2D eigenvalue weighted by Gasteiger charge is -2.24. The molecule has 0 unspecified atom stereocenters. The van der Waals surface area contributed by atoms with E-state index in [0.717, 1.165) is 22.3 Å². The number of aryl methyl sites for hydroxylation is 2. The quantitative estimate of drug-likeness (QED) is 0.693. The van der Waals surface area contributed by atoms with Crippen molar-refractivity contribution in [3.05, 3.63) is 46.5 Å². The van der Waals surface area contributed by atoms with E-state index in [-0.39, 0.29) is 10.8 Å². The Labute approximate surface area is 151 Å². The fourth-order valence-electron chi connectivity index (χ4n) is 2.89. The van der Waals surface area contributed by atoms with Crippen LogP contribution in [0.1, 0.15) is 63.8 Å². The number of phenolic OH excluding ortho intramolecular Hbond substituents is 2. The van der Waals surface area contributed by atoms with Gasteiger partial charge in [-0.05, 0) is 60.1 Å². The molecule has 0 bridgehead atoms. The standard InChI is InChI=1S/C22H30O3/c1-13-9-15(11-17(19(13)23)21(3,4)5)25-16-10-14(2)20(24)18(12-16)22(6,7)8/h9-12,23-24H,1-8H3. The van der Waals surface area contributed by atoms with Gasteiger partial charge in [-0.15, -0.1) is 0 Å². The highest BCUT2D eigenvalue weighted by molar-refractivity contribution is 5.52. The molecule has 2 rings (SSSR count). The van der Waals surface area contributed by atoms with Crippen LogP contribution in [0.4, 0.5) is 0 Å². The maximum absolute atomic E-state index is 10.4. The van der Waals surface area contributed by atoms with Gasteiger partial charge < -0.3 is 14.9 Å². The molecule has 0 amide bonds. The van der Waals surface area contributed by atoms with Crippen molar-refractivity contribution in [1.29, 1.82) is 0 Å². The van der Waals surface area contributed by atoms with Gasteiger partial charge in [-0.1, -0.05) is 41.5 Å². The van der Waals surface area contributed by atoms with Crippen LogP contribution < -0.4 is 4.74 Å².